The fourth-order valence-corrected chi connectivity index (χ4v) is 3.22. The van der Waals surface area contributed by atoms with E-state index in [1.54, 1.807) is 0 Å². The molecule has 0 amide bonds. The number of rotatable bonds is 2. The first-order valence-corrected chi connectivity index (χ1v) is 7.40. The number of fused-ring (bicyclic) bond motifs is 1. The quantitative estimate of drug-likeness (QED) is 0.919. The first kappa shape index (κ1) is 12.7. The number of imidazole rings is 1. The molecule has 21 heavy (non-hydrogen) atoms. The lowest BCUT2D eigenvalue weighted by Crippen LogP contribution is -2.38. The number of ether oxygens (including phenoxy) is 2. The Morgan fingerprint density at radius 3 is 2.86 bits per heavy atom. The smallest absolute Gasteiger partial charge is 0.231 e. The summed E-state index contributed by atoms with van der Waals surface area (Å²) in [4.78, 5) is 4.38. The van der Waals surface area contributed by atoms with E-state index in [1.165, 1.54) is 5.69 Å². The molecule has 1 N–H and O–H groups in total. The molecular formula is C16H19N3O2. The van der Waals surface area contributed by atoms with Crippen LogP contribution in [0.15, 0.2) is 30.7 Å². The van der Waals surface area contributed by atoms with E-state index in [4.69, 9.17) is 9.47 Å². The summed E-state index contributed by atoms with van der Waals surface area (Å²) in [5.74, 6) is 1.62. The van der Waals surface area contributed by atoms with E-state index in [0.29, 0.717) is 6.79 Å². The molecule has 3 heterocycles. The summed E-state index contributed by atoms with van der Waals surface area (Å²) in [5, 5.41) is 3.43. The second kappa shape index (κ2) is 4.77. The Hall–Kier alpha value is -2.01. The van der Waals surface area contributed by atoms with Gasteiger partial charge in [0.05, 0.1) is 12.0 Å². The van der Waals surface area contributed by atoms with E-state index in [9.17, 15) is 0 Å². The molecule has 2 aromatic rings. The molecule has 1 aromatic carbocycles. The highest BCUT2D eigenvalue weighted by Crippen LogP contribution is 2.37. The van der Waals surface area contributed by atoms with E-state index in [2.05, 4.69) is 27.9 Å². The maximum atomic E-state index is 5.48. The molecule has 0 saturated carbocycles. The molecule has 1 aromatic heterocycles. The molecule has 1 fully saturated rings. The predicted molar refractivity (Wildman–Crippen MR) is 79.1 cm³/mol. The largest absolute Gasteiger partial charge is 0.454 e. The van der Waals surface area contributed by atoms with Gasteiger partial charge in [0, 0.05) is 23.4 Å². The summed E-state index contributed by atoms with van der Waals surface area (Å²) in [7, 11) is 0. The van der Waals surface area contributed by atoms with Crippen molar-refractivity contribution >= 4 is 0 Å². The monoisotopic (exact) mass is 285 g/mol. The Morgan fingerprint density at radius 1 is 1.19 bits per heavy atom. The summed E-state index contributed by atoms with van der Waals surface area (Å²) in [5.41, 5.74) is 2.51. The molecule has 0 aliphatic carbocycles. The van der Waals surface area contributed by atoms with Gasteiger partial charge in [0.1, 0.15) is 0 Å². The summed E-state index contributed by atoms with van der Waals surface area (Å²) in [6.45, 7) is 4.75. The van der Waals surface area contributed by atoms with Gasteiger partial charge in [-0.2, -0.15) is 0 Å². The molecule has 4 rings (SSSR count). The van der Waals surface area contributed by atoms with Gasteiger partial charge in [-0.15, -0.1) is 0 Å². The summed E-state index contributed by atoms with van der Waals surface area (Å²) in [6, 6.07) is 6.05. The molecule has 5 heteroatoms. The number of aromatic nitrogens is 2. The third kappa shape index (κ3) is 2.08. The first-order chi connectivity index (χ1) is 10.3. The van der Waals surface area contributed by atoms with Gasteiger partial charge in [0.25, 0.3) is 0 Å². The summed E-state index contributed by atoms with van der Waals surface area (Å²) >= 11 is 0. The van der Waals surface area contributed by atoms with Crippen LogP contribution in [-0.4, -0.2) is 29.4 Å². The van der Waals surface area contributed by atoms with Crippen molar-refractivity contribution in [3.8, 4) is 17.2 Å². The second-order valence-corrected chi connectivity index (χ2v) is 6.00. The van der Waals surface area contributed by atoms with Gasteiger partial charge < -0.3 is 19.4 Å². The van der Waals surface area contributed by atoms with Crippen LogP contribution < -0.4 is 14.8 Å². The summed E-state index contributed by atoms with van der Waals surface area (Å²) in [6.07, 6.45) is 6.14. The topological polar surface area (TPSA) is 48.3 Å². The van der Waals surface area contributed by atoms with Crippen molar-refractivity contribution in [2.24, 2.45) is 0 Å². The number of piperidine rings is 1. The lowest BCUT2D eigenvalue weighted by molar-refractivity contribution is 0.174. The number of benzene rings is 1. The van der Waals surface area contributed by atoms with Gasteiger partial charge in [-0.1, -0.05) is 6.92 Å². The standard InChI is InChI=1S/C16H19N3O2/c1-16(4-6-17-7-5-16)15-9-18-10-19(15)12-2-3-13-14(8-12)21-11-20-13/h2-3,8-10,17H,4-7,11H2,1H3. The van der Waals surface area contributed by atoms with Gasteiger partial charge in [0.2, 0.25) is 6.79 Å². The van der Waals surface area contributed by atoms with E-state index in [0.717, 1.165) is 43.1 Å². The zero-order valence-corrected chi connectivity index (χ0v) is 12.1. The minimum Gasteiger partial charge on any atom is -0.454 e. The van der Waals surface area contributed by atoms with Crippen molar-refractivity contribution < 1.29 is 9.47 Å². The van der Waals surface area contributed by atoms with Crippen molar-refractivity contribution in [2.45, 2.75) is 25.2 Å². The van der Waals surface area contributed by atoms with Crippen molar-refractivity contribution in [3.63, 3.8) is 0 Å². The molecule has 2 aliphatic rings. The van der Waals surface area contributed by atoms with Gasteiger partial charge in [-0.05, 0) is 38.1 Å². The van der Waals surface area contributed by atoms with Crippen molar-refractivity contribution in [1.29, 1.82) is 0 Å². The van der Waals surface area contributed by atoms with Crippen molar-refractivity contribution in [1.82, 2.24) is 14.9 Å². The molecule has 0 radical (unpaired) electrons. The van der Waals surface area contributed by atoms with Crippen LogP contribution >= 0.6 is 0 Å². The highest BCUT2D eigenvalue weighted by atomic mass is 16.7. The fourth-order valence-electron chi connectivity index (χ4n) is 3.22. The van der Waals surface area contributed by atoms with Crippen LogP contribution in [0.2, 0.25) is 0 Å². The van der Waals surface area contributed by atoms with Crippen molar-refractivity contribution in [3.05, 3.63) is 36.4 Å². The minimum atomic E-state index is 0.165. The molecule has 0 unspecified atom stereocenters. The normalized spacial score (nSPS) is 19.7. The third-order valence-corrected chi connectivity index (χ3v) is 4.60. The SMILES string of the molecule is CC1(c2cncn2-c2ccc3c(c2)OCO3)CCNCC1. The molecular weight excluding hydrogens is 266 g/mol. The molecule has 0 atom stereocenters. The lowest BCUT2D eigenvalue weighted by Gasteiger charge is -2.34. The predicted octanol–water partition coefficient (Wildman–Crippen LogP) is 2.24. The molecule has 5 nitrogen and oxygen atoms in total. The second-order valence-electron chi connectivity index (χ2n) is 6.00. The highest BCUT2D eigenvalue weighted by molar-refractivity contribution is 5.50. The Balaban J connectivity index is 1.75. The Kier molecular flexibility index (Phi) is 2.89. The molecule has 1 saturated heterocycles. The molecule has 0 spiro atoms. The van der Waals surface area contributed by atoms with E-state index >= 15 is 0 Å². The number of nitrogens with one attached hydrogen (secondary N) is 1. The Bertz CT molecular complexity index is 659. The van der Waals surface area contributed by atoms with Gasteiger partial charge in [0.15, 0.2) is 11.5 Å². The van der Waals surface area contributed by atoms with Crippen LogP contribution in [-0.2, 0) is 5.41 Å². The first-order valence-electron chi connectivity index (χ1n) is 7.40. The maximum Gasteiger partial charge on any atom is 0.231 e. The lowest BCUT2D eigenvalue weighted by atomic mass is 9.78. The highest BCUT2D eigenvalue weighted by Gasteiger charge is 2.32. The molecule has 2 aliphatic heterocycles. The molecule has 0 bridgehead atoms. The summed E-state index contributed by atoms with van der Waals surface area (Å²) < 4.78 is 13.0. The van der Waals surface area contributed by atoms with Crippen LogP contribution in [0.1, 0.15) is 25.5 Å². The number of hydrogen-bond donors (Lipinski definition) is 1. The third-order valence-electron chi connectivity index (χ3n) is 4.60. The molecule has 110 valence electrons. The average molecular weight is 285 g/mol. The fraction of sp³-hybridized carbons (Fsp3) is 0.438. The van der Waals surface area contributed by atoms with Crippen molar-refractivity contribution in [2.75, 3.05) is 19.9 Å². The van der Waals surface area contributed by atoms with Gasteiger partial charge in [-0.3, -0.25) is 0 Å². The van der Waals surface area contributed by atoms with E-state index in [-0.39, 0.29) is 5.41 Å². The van der Waals surface area contributed by atoms with Gasteiger partial charge in [-0.25, -0.2) is 4.98 Å². The van der Waals surface area contributed by atoms with Crippen LogP contribution in [0.5, 0.6) is 11.5 Å². The minimum absolute atomic E-state index is 0.165. The number of nitrogens with zero attached hydrogens (tertiary/aromatic N) is 2. The van der Waals surface area contributed by atoms with Crippen LogP contribution in [0.4, 0.5) is 0 Å². The van der Waals surface area contributed by atoms with Crippen LogP contribution in [0, 0.1) is 0 Å². The Labute approximate surface area is 123 Å². The number of hydrogen-bond acceptors (Lipinski definition) is 4. The van der Waals surface area contributed by atoms with Crippen LogP contribution in [0.25, 0.3) is 5.69 Å². The van der Waals surface area contributed by atoms with E-state index < -0.39 is 0 Å². The van der Waals surface area contributed by atoms with Gasteiger partial charge >= 0.3 is 0 Å². The van der Waals surface area contributed by atoms with E-state index in [1.807, 2.05) is 24.7 Å². The average Bonchev–Trinajstić information content (AvgIpc) is 3.16. The maximum absolute atomic E-state index is 5.48. The van der Waals surface area contributed by atoms with Crippen LogP contribution in [0.3, 0.4) is 0 Å². The zero-order chi connectivity index (χ0) is 14.3. The zero-order valence-electron chi connectivity index (χ0n) is 12.1. The Morgan fingerprint density at radius 2 is 2.00 bits per heavy atom.